The number of aliphatic hydroxyl groups excluding tert-OH is 1. The van der Waals surface area contributed by atoms with Crippen molar-refractivity contribution in [3.63, 3.8) is 0 Å². The highest BCUT2D eigenvalue weighted by atomic mass is 16.5. The Hall–Kier alpha value is -0.690. The van der Waals surface area contributed by atoms with Crippen LogP contribution >= 0.6 is 0 Å². The summed E-state index contributed by atoms with van der Waals surface area (Å²) in [4.78, 5) is 12.4. The maximum atomic E-state index is 10.4. The molecule has 1 aliphatic heterocycles. The average Bonchev–Trinajstić information content (AvgIpc) is 2.21. The van der Waals surface area contributed by atoms with Crippen LogP contribution in [0.5, 0.6) is 0 Å². The van der Waals surface area contributed by atoms with Gasteiger partial charge in [0.15, 0.2) is 0 Å². The third-order valence-corrected chi connectivity index (χ3v) is 2.64. The van der Waals surface area contributed by atoms with Gasteiger partial charge < -0.3 is 19.7 Å². The van der Waals surface area contributed by atoms with E-state index in [1.54, 1.807) is 0 Å². The molecular formula is C11H21NO5. The smallest absolute Gasteiger partial charge is 0.329 e. The minimum absolute atomic E-state index is 0.272. The topological polar surface area (TPSA) is 79.2 Å². The van der Waals surface area contributed by atoms with Gasteiger partial charge in [-0.15, -0.1) is 0 Å². The fourth-order valence-electron chi connectivity index (χ4n) is 1.96. The third kappa shape index (κ3) is 4.99. The Balaban J connectivity index is 2.15. The van der Waals surface area contributed by atoms with Gasteiger partial charge in [0, 0.05) is 26.2 Å². The minimum Gasteiger partial charge on any atom is -0.480 e. The summed E-state index contributed by atoms with van der Waals surface area (Å²) >= 11 is 0. The molecule has 0 radical (unpaired) electrons. The highest BCUT2D eigenvalue weighted by Crippen LogP contribution is 2.24. The van der Waals surface area contributed by atoms with Gasteiger partial charge >= 0.3 is 5.97 Å². The van der Waals surface area contributed by atoms with Gasteiger partial charge in [-0.3, -0.25) is 4.90 Å². The Morgan fingerprint density at radius 3 is 2.71 bits per heavy atom. The maximum absolute atomic E-state index is 10.4. The normalized spacial score (nSPS) is 20.9. The van der Waals surface area contributed by atoms with E-state index in [0.29, 0.717) is 32.8 Å². The van der Waals surface area contributed by atoms with E-state index in [1.165, 1.54) is 0 Å². The predicted molar refractivity (Wildman–Crippen MR) is 60.9 cm³/mol. The van der Waals surface area contributed by atoms with Crippen molar-refractivity contribution in [2.75, 3.05) is 39.5 Å². The minimum atomic E-state index is -0.957. The fraction of sp³-hybridized carbons (Fsp3) is 0.909. The molecule has 1 saturated heterocycles. The highest BCUT2D eigenvalue weighted by Gasteiger charge is 2.40. The quantitative estimate of drug-likeness (QED) is 0.605. The van der Waals surface area contributed by atoms with Crippen molar-refractivity contribution in [1.29, 1.82) is 0 Å². The molecule has 1 aliphatic rings. The van der Waals surface area contributed by atoms with Crippen LogP contribution in [0.2, 0.25) is 0 Å². The summed E-state index contributed by atoms with van der Waals surface area (Å²) < 4.78 is 10.4. The Labute approximate surface area is 101 Å². The summed E-state index contributed by atoms with van der Waals surface area (Å²) in [6, 6.07) is 0. The monoisotopic (exact) mass is 247 g/mol. The van der Waals surface area contributed by atoms with E-state index in [-0.39, 0.29) is 6.61 Å². The third-order valence-electron chi connectivity index (χ3n) is 2.64. The van der Waals surface area contributed by atoms with Gasteiger partial charge in [0.1, 0.15) is 6.61 Å². The molecular weight excluding hydrogens is 226 g/mol. The number of hydrogen-bond acceptors (Lipinski definition) is 5. The summed E-state index contributed by atoms with van der Waals surface area (Å²) in [5.74, 6) is -0.957. The van der Waals surface area contributed by atoms with E-state index in [0.717, 1.165) is 0 Å². The van der Waals surface area contributed by atoms with Gasteiger partial charge in [-0.1, -0.05) is 0 Å². The lowest BCUT2D eigenvalue weighted by atomic mass is 9.96. The number of aliphatic hydroxyl groups is 1. The lowest BCUT2D eigenvalue weighted by Crippen LogP contribution is -2.63. The van der Waals surface area contributed by atoms with Gasteiger partial charge in [-0.05, 0) is 13.8 Å². The summed E-state index contributed by atoms with van der Waals surface area (Å²) in [6.07, 6.45) is -0.501. The molecule has 0 aromatic heterocycles. The first-order chi connectivity index (χ1) is 7.95. The molecule has 0 spiro atoms. The maximum Gasteiger partial charge on any atom is 0.329 e. The fourth-order valence-corrected chi connectivity index (χ4v) is 1.96. The Kier molecular flexibility index (Phi) is 5.32. The SMILES string of the molecule is CCOCC(O)CN1CC(C)(OCC(=O)O)C1. The molecule has 6 heteroatoms. The second kappa shape index (κ2) is 6.30. The lowest BCUT2D eigenvalue weighted by Gasteiger charge is -2.47. The van der Waals surface area contributed by atoms with Crippen LogP contribution in [-0.4, -0.2) is 72.2 Å². The molecule has 17 heavy (non-hydrogen) atoms. The first-order valence-corrected chi connectivity index (χ1v) is 5.79. The van der Waals surface area contributed by atoms with Crippen molar-refractivity contribution in [3.8, 4) is 0 Å². The molecule has 6 nitrogen and oxygen atoms in total. The molecule has 2 N–H and O–H groups in total. The van der Waals surface area contributed by atoms with Crippen LogP contribution < -0.4 is 0 Å². The zero-order valence-corrected chi connectivity index (χ0v) is 10.4. The number of carboxylic acid groups (broad SMARTS) is 1. The van der Waals surface area contributed by atoms with Crippen molar-refractivity contribution in [1.82, 2.24) is 4.90 Å². The summed E-state index contributed by atoms with van der Waals surface area (Å²) in [5, 5.41) is 18.1. The molecule has 1 unspecified atom stereocenters. The van der Waals surface area contributed by atoms with Crippen LogP contribution in [0.1, 0.15) is 13.8 Å². The second-order valence-electron chi connectivity index (χ2n) is 4.62. The van der Waals surface area contributed by atoms with E-state index in [2.05, 4.69) is 0 Å². The molecule has 1 rings (SSSR count). The first-order valence-electron chi connectivity index (χ1n) is 5.79. The van der Waals surface area contributed by atoms with E-state index in [9.17, 15) is 9.90 Å². The standard InChI is InChI=1S/C11H21NO5/c1-3-16-5-9(13)4-12-7-11(2,8-12)17-6-10(14)15/h9,13H,3-8H2,1-2H3,(H,14,15). The number of aliphatic carboxylic acids is 1. The highest BCUT2D eigenvalue weighted by molar-refractivity contribution is 5.68. The van der Waals surface area contributed by atoms with Gasteiger partial charge in [0.2, 0.25) is 0 Å². The van der Waals surface area contributed by atoms with Crippen molar-refractivity contribution < 1.29 is 24.5 Å². The summed E-state index contributed by atoms with van der Waals surface area (Å²) in [7, 11) is 0. The number of carbonyl (C=O) groups is 1. The zero-order chi connectivity index (χ0) is 12.9. The molecule has 100 valence electrons. The molecule has 1 fully saturated rings. The summed E-state index contributed by atoms with van der Waals surface area (Å²) in [5.41, 5.74) is -0.399. The van der Waals surface area contributed by atoms with Crippen LogP contribution in [0, 0.1) is 0 Å². The summed E-state index contributed by atoms with van der Waals surface area (Å²) in [6.45, 7) is 6.23. The molecule has 1 atom stereocenters. The number of carboxylic acids is 1. The van der Waals surface area contributed by atoms with Gasteiger partial charge in [0.25, 0.3) is 0 Å². The van der Waals surface area contributed by atoms with E-state index >= 15 is 0 Å². The van der Waals surface area contributed by atoms with Crippen molar-refractivity contribution in [2.45, 2.75) is 25.6 Å². The van der Waals surface area contributed by atoms with Crippen molar-refractivity contribution in [2.24, 2.45) is 0 Å². The van der Waals surface area contributed by atoms with Crippen LogP contribution in [0.25, 0.3) is 0 Å². The number of nitrogens with zero attached hydrogens (tertiary/aromatic N) is 1. The van der Waals surface area contributed by atoms with E-state index in [4.69, 9.17) is 14.6 Å². The average molecular weight is 247 g/mol. The van der Waals surface area contributed by atoms with Gasteiger partial charge in [-0.25, -0.2) is 4.79 Å². The molecule has 0 aromatic rings. The predicted octanol–water partition coefficient (Wildman–Crippen LogP) is -0.441. The van der Waals surface area contributed by atoms with Crippen LogP contribution in [0.3, 0.4) is 0 Å². The molecule has 1 heterocycles. The number of likely N-dealkylation sites (tertiary alicyclic amines) is 1. The van der Waals surface area contributed by atoms with E-state index < -0.39 is 17.7 Å². The van der Waals surface area contributed by atoms with Crippen LogP contribution in [-0.2, 0) is 14.3 Å². The molecule has 0 aliphatic carbocycles. The number of ether oxygens (including phenoxy) is 2. The number of rotatable bonds is 8. The molecule has 0 saturated carbocycles. The van der Waals surface area contributed by atoms with E-state index in [1.807, 2.05) is 18.7 Å². The lowest BCUT2D eigenvalue weighted by molar-refractivity contribution is -0.167. The van der Waals surface area contributed by atoms with Crippen LogP contribution in [0.4, 0.5) is 0 Å². The van der Waals surface area contributed by atoms with Gasteiger partial charge in [-0.2, -0.15) is 0 Å². The second-order valence-corrected chi connectivity index (χ2v) is 4.62. The van der Waals surface area contributed by atoms with Crippen molar-refractivity contribution >= 4 is 5.97 Å². The van der Waals surface area contributed by atoms with Gasteiger partial charge in [0.05, 0.1) is 18.3 Å². The molecule has 0 amide bonds. The largest absolute Gasteiger partial charge is 0.480 e. The first kappa shape index (κ1) is 14.4. The Morgan fingerprint density at radius 1 is 1.53 bits per heavy atom. The molecule has 0 bridgehead atoms. The van der Waals surface area contributed by atoms with Crippen LogP contribution in [0.15, 0.2) is 0 Å². The van der Waals surface area contributed by atoms with Crippen molar-refractivity contribution in [3.05, 3.63) is 0 Å². The molecule has 0 aromatic carbocycles. The Morgan fingerprint density at radius 2 is 2.18 bits per heavy atom. The number of β-amino-alcohol motifs (C(OH)–C–C–N with tert-alkyl or cyclic N) is 1. The zero-order valence-electron chi connectivity index (χ0n) is 10.4. The Bertz CT molecular complexity index is 252. The number of hydrogen-bond donors (Lipinski definition) is 2.